The number of nitrogens with one attached hydrogen (secondary N) is 1. The Hall–Kier alpha value is -1.77. The van der Waals surface area contributed by atoms with Gasteiger partial charge in [0.25, 0.3) is 0 Å². The van der Waals surface area contributed by atoms with Crippen molar-refractivity contribution in [3.63, 3.8) is 0 Å². The summed E-state index contributed by atoms with van der Waals surface area (Å²) in [6, 6.07) is 8.52. The van der Waals surface area contributed by atoms with Gasteiger partial charge in [-0.1, -0.05) is 35.9 Å². The maximum absolute atomic E-state index is 4.31. The van der Waals surface area contributed by atoms with Crippen molar-refractivity contribution in [1.29, 1.82) is 0 Å². The van der Waals surface area contributed by atoms with Crippen LogP contribution in [-0.2, 0) is 6.54 Å². The molecule has 0 bridgehead atoms. The first-order valence-electron chi connectivity index (χ1n) is 6.75. The quantitative estimate of drug-likeness (QED) is 0.368. The Morgan fingerprint density at radius 1 is 1.47 bits per heavy atom. The molecule has 0 saturated heterocycles. The largest absolute Gasteiger partial charge is 0.352 e. The lowest BCUT2D eigenvalue weighted by atomic mass is 10.1. The summed E-state index contributed by atoms with van der Waals surface area (Å²) >= 11 is 0. The predicted octanol–water partition coefficient (Wildman–Crippen LogP) is 2.97. The lowest BCUT2D eigenvalue weighted by molar-refractivity contribution is 0.470. The Bertz CT molecular complexity index is 424. The highest BCUT2D eigenvalue weighted by atomic mass is 15.3. The molecule has 1 aromatic rings. The van der Waals surface area contributed by atoms with Gasteiger partial charge in [-0.05, 0) is 25.3 Å². The van der Waals surface area contributed by atoms with Gasteiger partial charge in [0.2, 0.25) is 0 Å². The van der Waals surface area contributed by atoms with Crippen molar-refractivity contribution in [3.05, 3.63) is 48.0 Å². The van der Waals surface area contributed by atoms with Crippen LogP contribution in [0.4, 0.5) is 0 Å². The van der Waals surface area contributed by atoms with Crippen LogP contribution < -0.4 is 5.32 Å². The summed E-state index contributed by atoms with van der Waals surface area (Å²) in [7, 11) is 3.89. The third-order valence-corrected chi connectivity index (χ3v) is 3.01. The smallest absolute Gasteiger partial charge is 0.193 e. The van der Waals surface area contributed by atoms with E-state index in [1.165, 1.54) is 11.1 Å². The molecule has 19 heavy (non-hydrogen) atoms. The molecule has 0 aliphatic carbocycles. The average molecular weight is 259 g/mol. The van der Waals surface area contributed by atoms with Gasteiger partial charge in [0.1, 0.15) is 0 Å². The first-order chi connectivity index (χ1) is 9.17. The highest BCUT2D eigenvalue weighted by Gasteiger charge is 2.04. The van der Waals surface area contributed by atoms with Crippen molar-refractivity contribution < 1.29 is 0 Å². The molecular weight excluding hydrogens is 234 g/mol. The maximum Gasteiger partial charge on any atom is 0.193 e. The summed E-state index contributed by atoms with van der Waals surface area (Å²) < 4.78 is 0. The van der Waals surface area contributed by atoms with Crippen LogP contribution in [0.25, 0.3) is 0 Å². The van der Waals surface area contributed by atoms with Crippen LogP contribution in [0, 0.1) is 6.92 Å². The molecule has 0 saturated carbocycles. The van der Waals surface area contributed by atoms with Crippen molar-refractivity contribution in [1.82, 2.24) is 10.2 Å². The molecule has 3 heteroatoms. The highest BCUT2D eigenvalue weighted by Crippen LogP contribution is 2.03. The molecule has 1 aromatic carbocycles. The Labute approximate surface area is 117 Å². The summed E-state index contributed by atoms with van der Waals surface area (Å²) in [5, 5.41) is 3.39. The van der Waals surface area contributed by atoms with Gasteiger partial charge in [-0.25, -0.2) is 0 Å². The van der Waals surface area contributed by atoms with E-state index >= 15 is 0 Å². The molecule has 0 aliphatic rings. The molecule has 0 fully saturated rings. The van der Waals surface area contributed by atoms with Crippen LogP contribution in [0.15, 0.2) is 41.9 Å². The van der Waals surface area contributed by atoms with Crippen molar-refractivity contribution in [2.24, 2.45) is 4.99 Å². The maximum atomic E-state index is 4.31. The fraction of sp³-hybridized carbons (Fsp3) is 0.438. The molecule has 1 N–H and O–H groups in total. The summed E-state index contributed by atoms with van der Waals surface area (Å²) in [5.41, 5.74) is 2.56. The summed E-state index contributed by atoms with van der Waals surface area (Å²) in [4.78, 5) is 6.46. The Morgan fingerprint density at radius 2 is 2.26 bits per heavy atom. The minimum absolute atomic E-state index is 0.806. The van der Waals surface area contributed by atoms with Crippen LogP contribution in [0.1, 0.15) is 24.0 Å². The Kier molecular flexibility index (Phi) is 6.72. The number of aryl methyl sites for hydroxylation is 1. The number of hydrogen-bond donors (Lipinski definition) is 1. The number of benzene rings is 1. The van der Waals surface area contributed by atoms with Gasteiger partial charge in [0.05, 0.1) is 0 Å². The van der Waals surface area contributed by atoms with Gasteiger partial charge < -0.3 is 10.2 Å². The number of allylic oxidation sites excluding steroid dienone is 1. The Balaban J connectivity index is 2.46. The minimum atomic E-state index is 0.806. The van der Waals surface area contributed by atoms with Crippen LogP contribution in [0.3, 0.4) is 0 Å². The number of aliphatic imine (C=N–C) groups is 1. The van der Waals surface area contributed by atoms with E-state index in [4.69, 9.17) is 0 Å². The lowest BCUT2D eigenvalue weighted by Gasteiger charge is -2.22. The van der Waals surface area contributed by atoms with E-state index in [0.29, 0.717) is 0 Å². The Morgan fingerprint density at radius 3 is 2.89 bits per heavy atom. The van der Waals surface area contributed by atoms with E-state index in [9.17, 15) is 0 Å². The lowest BCUT2D eigenvalue weighted by Crippen LogP contribution is -2.38. The van der Waals surface area contributed by atoms with Crippen LogP contribution in [-0.4, -0.2) is 31.5 Å². The molecule has 0 heterocycles. The zero-order valence-electron chi connectivity index (χ0n) is 12.3. The molecule has 104 valence electrons. The van der Waals surface area contributed by atoms with Crippen LogP contribution in [0.2, 0.25) is 0 Å². The summed E-state index contributed by atoms with van der Waals surface area (Å²) in [5.74, 6) is 0.936. The standard InChI is InChI=1S/C16H25N3/c1-5-6-7-11-19(4)16(17-3)18-13-15-10-8-9-14(2)12-15/h5,8-10,12H,1,6-7,11,13H2,2-4H3,(H,17,18). The fourth-order valence-corrected chi connectivity index (χ4v) is 1.97. The van der Waals surface area contributed by atoms with Crippen LogP contribution in [0.5, 0.6) is 0 Å². The van der Waals surface area contributed by atoms with Gasteiger partial charge in [0.15, 0.2) is 5.96 Å². The first kappa shape index (κ1) is 15.3. The minimum Gasteiger partial charge on any atom is -0.352 e. The molecule has 1 rings (SSSR count). The van der Waals surface area contributed by atoms with Crippen molar-refractivity contribution in [2.45, 2.75) is 26.3 Å². The number of nitrogens with zero attached hydrogens (tertiary/aromatic N) is 2. The summed E-state index contributed by atoms with van der Waals surface area (Å²) in [6.07, 6.45) is 4.10. The van der Waals surface area contributed by atoms with E-state index < -0.39 is 0 Å². The molecule has 0 atom stereocenters. The molecule has 0 radical (unpaired) electrons. The van der Waals surface area contributed by atoms with E-state index in [0.717, 1.165) is 31.9 Å². The number of unbranched alkanes of at least 4 members (excludes halogenated alkanes) is 1. The van der Waals surface area contributed by atoms with Crippen molar-refractivity contribution in [3.8, 4) is 0 Å². The first-order valence-corrected chi connectivity index (χ1v) is 6.75. The molecule has 0 spiro atoms. The van der Waals surface area contributed by atoms with E-state index in [-0.39, 0.29) is 0 Å². The van der Waals surface area contributed by atoms with Gasteiger partial charge in [-0.3, -0.25) is 4.99 Å². The van der Waals surface area contributed by atoms with Gasteiger partial charge >= 0.3 is 0 Å². The third-order valence-electron chi connectivity index (χ3n) is 3.01. The van der Waals surface area contributed by atoms with Gasteiger partial charge in [-0.2, -0.15) is 0 Å². The monoisotopic (exact) mass is 259 g/mol. The second-order valence-corrected chi connectivity index (χ2v) is 4.74. The number of guanidine groups is 1. The number of rotatable bonds is 6. The van der Waals surface area contributed by atoms with Gasteiger partial charge in [0, 0.05) is 27.2 Å². The average Bonchev–Trinajstić information content (AvgIpc) is 2.40. The fourth-order valence-electron chi connectivity index (χ4n) is 1.97. The molecule has 0 aliphatic heterocycles. The second kappa shape index (κ2) is 8.35. The topological polar surface area (TPSA) is 27.6 Å². The highest BCUT2D eigenvalue weighted by molar-refractivity contribution is 5.79. The normalized spacial score (nSPS) is 11.2. The molecule has 3 nitrogen and oxygen atoms in total. The van der Waals surface area contributed by atoms with Crippen LogP contribution >= 0.6 is 0 Å². The summed E-state index contributed by atoms with van der Waals surface area (Å²) in [6.45, 7) is 7.64. The van der Waals surface area contributed by atoms with Gasteiger partial charge in [-0.15, -0.1) is 6.58 Å². The number of hydrogen-bond acceptors (Lipinski definition) is 1. The zero-order chi connectivity index (χ0) is 14.1. The second-order valence-electron chi connectivity index (χ2n) is 4.74. The van der Waals surface area contributed by atoms with Crippen molar-refractivity contribution >= 4 is 5.96 Å². The molecular formula is C16H25N3. The van der Waals surface area contributed by atoms with E-state index in [1.807, 2.05) is 13.1 Å². The molecule has 0 unspecified atom stereocenters. The third kappa shape index (κ3) is 5.60. The molecule has 0 aromatic heterocycles. The van der Waals surface area contributed by atoms with Crippen molar-refractivity contribution in [2.75, 3.05) is 20.6 Å². The van der Waals surface area contributed by atoms with E-state index in [1.54, 1.807) is 0 Å². The van der Waals surface area contributed by atoms with E-state index in [2.05, 4.69) is 60.0 Å². The molecule has 0 amide bonds. The zero-order valence-corrected chi connectivity index (χ0v) is 12.3. The predicted molar refractivity (Wildman–Crippen MR) is 83.4 cm³/mol. The SMILES string of the molecule is C=CCCCN(C)C(=NC)NCc1cccc(C)c1.